The third kappa shape index (κ3) is 5.50. The molecule has 1 saturated heterocycles. The maximum Gasteiger partial charge on any atom is 0.331 e. The molecule has 1 amide bonds. The van der Waals surface area contributed by atoms with Crippen LogP contribution in [0.3, 0.4) is 0 Å². The van der Waals surface area contributed by atoms with Crippen LogP contribution in [0.15, 0.2) is 42.6 Å². The smallest absolute Gasteiger partial charge is 0.331 e. The monoisotopic (exact) mass is 527 g/mol. The molecule has 1 aromatic heterocycles. The van der Waals surface area contributed by atoms with E-state index in [0.717, 1.165) is 10.9 Å². The van der Waals surface area contributed by atoms with Gasteiger partial charge in [0.15, 0.2) is 17.5 Å². The molecule has 0 radical (unpaired) electrons. The van der Waals surface area contributed by atoms with E-state index < -0.39 is 71.0 Å². The molecule has 1 fully saturated rings. The Labute approximate surface area is 219 Å². The lowest BCUT2D eigenvalue weighted by atomic mass is 9.82. The van der Waals surface area contributed by atoms with Crippen LogP contribution in [0.1, 0.15) is 45.6 Å². The Morgan fingerprint density at radius 2 is 2.00 bits per heavy atom. The Morgan fingerprint density at radius 3 is 2.63 bits per heavy atom. The summed E-state index contributed by atoms with van der Waals surface area (Å²) in [7, 11) is 0. The molecule has 0 aliphatic carbocycles. The molecule has 11 heteroatoms. The number of aromatic nitrogens is 1. The van der Waals surface area contributed by atoms with Gasteiger partial charge in [-0.3, -0.25) is 19.7 Å². The number of ether oxygens (including phenoxy) is 2. The number of carbonyl (C=O) groups excluding carboxylic acids is 4. The van der Waals surface area contributed by atoms with E-state index in [1.165, 1.54) is 19.9 Å². The normalized spacial score (nSPS) is 27.1. The number of H-pyrrole nitrogens is 1. The number of benzene rings is 1. The molecule has 2 aromatic rings. The third-order valence-electron chi connectivity index (χ3n) is 7.36. The van der Waals surface area contributed by atoms with Gasteiger partial charge in [0.05, 0.1) is 12.5 Å². The molecule has 2 aliphatic rings. The molecule has 2 unspecified atom stereocenters. The van der Waals surface area contributed by atoms with Crippen molar-refractivity contribution < 1.29 is 38.8 Å². The Morgan fingerprint density at radius 1 is 1.26 bits per heavy atom. The van der Waals surface area contributed by atoms with Crippen molar-refractivity contribution in [3.05, 3.63) is 53.4 Å². The number of para-hydroxylation sites is 1. The van der Waals surface area contributed by atoms with Crippen LogP contribution in [-0.2, 0) is 35.1 Å². The number of carbonyl (C=O) groups is 4. The molecule has 1 aromatic carbocycles. The predicted molar refractivity (Wildman–Crippen MR) is 135 cm³/mol. The highest BCUT2D eigenvalue weighted by Gasteiger charge is 2.58. The Kier molecular flexibility index (Phi) is 8.00. The van der Waals surface area contributed by atoms with E-state index in [1.807, 2.05) is 24.3 Å². The number of cyclic esters (lactones) is 1. The predicted octanol–water partition coefficient (Wildman–Crippen LogP) is 0.457. The van der Waals surface area contributed by atoms with Gasteiger partial charge in [0.2, 0.25) is 0 Å². The van der Waals surface area contributed by atoms with E-state index in [0.29, 0.717) is 18.4 Å². The van der Waals surface area contributed by atoms with E-state index in [-0.39, 0.29) is 6.42 Å². The summed E-state index contributed by atoms with van der Waals surface area (Å²) < 4.78 is 10.8. The van der Waals surface area contributed by atoms with Crippen molar-refractivity contribution in [2.24, 2.45) is 5.92 Å². The summed E-state index contributed by atoms with van der Waals surface area (Å²) in [6.45, 7) is 4.41. The number of esters is 2. The number of nitrogens with one attached hydrogen (secondary N) is 3. The number of amides is 1. The molecule has 38 heavy (non-hydrogen) atoms. The van der Waals surface area contributed by atoms with Crippen LogP contribution in [0.25, 0.3) is 10.9 Å². The fourth-order valence-electron chi connectivity index (χ4n) is 5.12. The molecule has 4 N–H and O–H groups in total. The van der Waals surface area contributed by atoms with Crippen molar-refractivity contribution in [3.63, 3.8) is 0 Å². The van der Waals surface area contributed by atoms with Crippen LogP contribution in [0.2, 0.25) is 0 Å². The van der Waals surface area contributed by atoms with Gasteiger partial charge >= 0.3 is 11.9 Å². The van der Waals surface area contributed by atoms with Gasteiger partial charge in [0.1, 0.15) is 18.1 Å². The fourth-order valence-corrected chi connectivity index (χ4v) is 5.12. The maximum absolute atomic E-state index is 13.7. The summed E-state index contributed by atoms with van der Waals surface area (Å²) in [6.07, 6.45) is 2.50. The summed E-state index contributed by atoms with van der Waals surface area (Å²) >= 11 is 0. The summed E-state index contributed by atoms with van der Waals surface area (Å²) in [5, 5.41) is 26.7. The van der Waals surface area contributed by atoms with E-state index in [2.05, 4.69) is 10.3 Å². The number of aromatic amines is 1. The highest BCUT2D eigenvalue weighted by Crippen LogP contribution is 2.30. The van der Waals surface area contributed by atoms with Gasteiger partial charge < -0.3 is 29.8 Å². The number of hydrogen-bond acceptors (Lipinski definition) is 8. The quantitative estimate of drug-likeness (QED) is 0.242. The standard InChI is InChI=1S/C27H33N3O8/c1-15(8-9-19-10-11-24(33)38-19)37-26(35)21(12-23(32)17(3)31)27(29-25(34)16(2)30(27)36)13-18-14-28-22-7-5-4-6-20(18)22/h4-7,10-11,14-17,19,21,28,30-31H,8-9,12-13H2,1-3H3,(H,29,34)/t15-,16?,17-,19+,21+,27+/m0/s1. The molecule has 0 saturated carbocycles. The Hall–Kier alpha value is -3.54. The zero-order valence-corrected chi connectivity index (χ0v) is 21.6. The molecule has 11 nitrogen and oxygen atoms in total. The first-order valence-corrected chi connectivity index (χ1v) is 12.7. The first-order valence-electron chi connectivity index (χ1n) is 12.7. The molecule has 3 heterocycles. The summed E-state index contributed by atoms with van der Waals surface area (Å²) in [4.78, 5) is 53.5. The molecule has 0 bridgehead atoms. The Bertz CT molecular complexity index is 1250. The second kappa shape index (κ2) is 11.1. The zero-order chi connectivity index (χ0) is 27.6. The van der Waals surface area contributed by atoms with Crippen LogP contribution in [0.4, 0.5) is 0 Å². The van der Waals surface area contributed by atoms with Gasteiger partial charge in [-0.15, -0.1) is 0 Å². The van der Waals surface area contributed by atoms with Crippen LogP contribution < -0.4 is 10.4 Å². The van der Waals surface area contributed by atoms with Crippen molar-refractivity contribution in [2.45, 2.75) is 76.5 Å². The lowest BCUT2D eigenvalue weighted by molar-refractivity contribution is -0.914. The van der Waals surface area contributed by atoms with Crippen LogP contribution >= 0.6 is 0 Å². The molecule has 0 spiro atoms. The van der Waals surface area contributed by atoms with Gasteiger partial charge in [-0.25, -0.2) is 4.79 Å². The number of ketones is 1. The van der Waals surface area contributed by atoms with Crippen LogP contribution in [-0.4, -0.2) is 63.7 Å². The number of hydrogen-bond donors (Lipinski definition) is 4. The minimum atomic E-state index is -1.74. The molecule has 7 atom stereocenters. The maximum atomic E-state index is 13.7. The van der Waals surface area contributed by atoms with Crippen molar-refractivity contribution in [3.8, 4) is 0 Å². The average Bonchev–Trinajstić information content (AvgIpc) is 3.54. The second-order valence-electron chi connectivity index (χ2n) is 10.1. The number of hydroxylamine groups is 2. The number of Topliss-reactive ketones (excluding diaryl/α,β-unsaturated/α-hetero) is 1. The van der Waals surface area contributed by atoms with E-state index in [4.69, 9.17) is 9.47 Å². The lowest BCUT2D eigenvalue weighted by Crippen LogP contribution is -3.19. The first kappa shape index (κ1) is 27.5. The number of aliphatic hydroxyl groups is 1. The number of quaternary nitrogens is 1. The third-order valence-corrected chi connectivity index (χ3v) is 7.36. The van der Waals surface area contributed by atoms with E-state index in [1.54, 1.807) is 19.2 Å². The summed E-state index contributed by atoms with van der Waals surface area (Å²) in [5.74, 6) is -3.82. The topological polar surface area (TPSA) is 162 Å². The highest BCUT2D eigenvalue weighted by atomic mass is 16.6. The van der Waals surface area contributed by atoms with E-state index in [9.17, 15) is 29.5 Å². The number of rotatable bonds is 11. The molecule has 204 valence electrons. The number of fused-ring (bicyclic) bond motifs is 1. The van der Waals surface area contributed by atoms with Gasteiger partial charge in [-0.1, -0.05) is 18.2 Å². The molecule has 4 rings (SSSR count). The van der Waals surface area contributed by atoms with E-state index >= 15 is 0 Å². The molecular weight excluding hydrogens is 494 g/mol. The summed E-state index contributed by atoms with van der Waals surface area (Å²) in [6, 6.07) is 6.39. The second-order valence-corrected chi connectivity index (χ2v) is 10.1. The SMILES string of the molecule is CC1C(=O)N[C@@](Cc2c[nH]c3ccccc23)([C@H](CC(=O)[C@H](C)O)C(=O)O[C@@H](C)CC[C@@H]2C=CC(=O)O2)[NH+]1[O-]. The largest absolute Gasteiger partial charge is 0.632 e. The van der Waals surface area contributed by atoms with Crippen molar-refractivity contribution >= 4 is 34.5 Å². The van der Waals surface area contributed by atoms with Crippen LogP contribution in [0.5, 0.6) is 0 Å². The minimum Gasteiger partial charge on any atom is -0.632 e. The highest BCUT2D eigenvalue weighted by molar-refractivity contribution is 5.90. The van der Waals surface area contributed by atoms with Crippen LogP contribution in [0, 0.1) is 11.1 Å². The minimum absolute atomic E-state index is 0.0457. The van der Waals surface area contributed by atoms with Gasteiger partial charge in [-0.05, 0) is 51.3 Å². The summed E-state index contributed by atoms with van der Waals surface area (Å²) in [5.41, 5.74) is -0.238. The van der Waals surface area contributed by atoms with Crippen molar-refractivity contribution in [2.75, 3.05) is 0 Å². The number of aliphatic hydroxyl groups excluding tert-OH is 1. The van der Waals surface area contributed by atoms with Crippen molar-refractivity contribution in [1.82, 2.24) is 10.3 Å². The average molecular weight is 528 g/mol. The Balaban J connectivity index is 1.64. The van der Waals surface area contributed by atoms with Gasteiger partial charge in [0, 0.05) is 29.6 Å². The fraction of sp³-hybridized carbons (Fsp3) is 0.481. The lowest BCUT2D eigenvalue weighted by Gasteiger charge is -2.42. The van der Waals surface area contributed by atoms with Crippen molar-refractivity contribution in [1.29, 1.82) is 0 Å². The van der Waals surface area contributed by atoms with Gasteiger partial charge in [0.25, 0.3) is 5.91 Å². The molecule has 2 aliphatic heterocycles. The molecular formula is C27H33N3O8. The first-order chi connectivity index (χ1) is 18.0. The van der Waals surface area contributed by atoms with Gasteiger partial charge in [-0.2, -0.15) is 0 Å². The zero-order valence-electron chi connectivity index (χ0n) is 21.6.